The first-order valence-electron chi connectivity index (χ1n) is 8.82. The molecule has 1 heterocycles. The van der Waals surface area contributed by atoms with Gasteiger partial charge < -0.3 is 24.8 Å². The van der Waals surface area contributed by atoms with Crippen LogP contribution in [0, 0.1) is 6.92 Å². The molecule has 2 N–H and O–H groups in total. The summed E-state index contributed by atoms with van der Waals surface area (Å²) in [6.45, 7) is 1.73. The molecule has 0 atom stereocenters. The molecule has 0 fully saturated rings. The SMILES string of the molecule is COc1ccc(Nc2cc(C(=O)Nc3ccc(OC)cc3OC)nc(C)n2)cc1. The number of hydrogen-bond acceptors (Lipinski definition) is 7. The highest BCUT2D eigenvalue weighted by molar-refractivity contribution is 6.04. The van der Waals surface area contributed by atoms with E-state index in [0.29, 0.717) is 28.8 Å². The molecule has 1 aromatic heterocycles. The largest absolute Gasteiger partial charge is 0.497 e. The molecule has 0 bridgehead atoms. The van der Waals surface area contributed by atoms with E-state index in [2.05, 4.69) is 20.6 Å². The molecular weight excluding hydrogens is 372 g/mol. The number of hydrogen-bond donors (Lipinski definition) is 2. The number of ether oxygens (including phenoxy) is 3. The molecular formula is C21H22N4O4. The van der Waals surface area contributed by atoms with Crippen molar-refractivity contribution in [2.75, 3.05) is 32.0 Å². The van der Waals surface area contributed by atoms with Crippen LogP contribution in [0.25, 0.3) is 0 Å². The van der Waals surface area contributed by atoms with Gasteiger partial charge in [0.05, 0.1) is 27.0 Å². The van der Waals surface area contributed by atoms with Crippen molar-refractivity contribution in [2.24, 2.45) is 0 Å². The van der Waals surface area contributed by atoms with E-state index in [1.165, 1.54) is 7.11 Å². The highest BCUT2D eigenvalue weighted by atomic mass is 16.5. The molecule has 1 amide bonds. The second kappa shape index (κ2) is 8.92. The number of amides is 1. The summed E-state index contributed by atoms with van der Waals surface area (Å²) in [5.41, 5.74) is 1.55. The third-order valence-electron chi connectivity index (χ3n) is 4.09. The van der Waals surface area contributed by atoms with Gasteiger partial charge in [-0.2, -0.15) is 0 Å². The van der Waals surface area contributed by atoms with Crippen molar-refractivity contribution < 1.29 is 19.0 Å². The molecule has 0 unspecified atom stereocenters. The number of anilines is 3. The Bertz CT molecular complexity index is 1010. The quantitative estimate of drug-likeness (QED) is 0.629. The lowest BCUT2D eigenvalue weighted by Gasteiger charge is -2.12. The number of aryl methyl sites for hydroxylation is 1. The molecule has 8 heteroatoms. The van der Waals surface area contributed by atoms with E-state index >= 15 is 0 Å². The molecule has 0 aliphatic rings. The van der Waals surface area contributed by atoms with Crippen LogP contribution in [-0.4, -0.2) is 37.2 Å². The predicted octanol–water partition coefficient (Wildman–Crippen LogP) is 3.81. The molecule has 3 aromatic rings. The lowest BCUT2D eigenvalue weighted by molar-refractivity contribution is 0.102. The molecule has 29 heavy (non-hydrogen) atoms. The van der Waals surface area contributed by atoms with Gasteiger partial charge in [-0.1, -0.05) is 0 Å². The van der Waals surface area contributed by atoms with Gasteiger partial charge in [0.2, 0.25) is 0 Å². The van der Waals surface area contributed by atoms with Crippen LogP contribution >= 0.6 is 0 Å². The zero-order valence-electron chi connectivity index (χ0n) is 16.6. The Morgan fingerprint density at radius 2 is 1.55 bits per heavy atom. The third kappa shape index (κ3) is 4.92. The van der Waals surface area contributed by atoms with Crippen molar-refractivity contribution in [3.05, 3.63) is 60.0 Å². The summed E-state index contributed by atoms with van der Waals surface area (Å²) >= 11 is 0. The number of benzene rings is 2. The first-order chi connectivity index (χ1) is 14.0. The number of methoxy groups -OCH3 is 3. The maximum atomic E-state index is 12.7. The van der Waals surface area contributed by atoms with Gasteiger partial charge in [-0.25, -0.2) is 9.97 Å². The molecule has 0 radical (unpaired) electrons. The fraction of sp³-hybridized carbons (Fsp3) is 0.190. The van der Waals surface area contributed by atoms with Gasteiger partial charge in [-0.05, 0) is 43.3 Å². The van der Waals surface area contributed by atoms with Gasteiger partial charge in [0.15, 0.2) is 0 Å². The summed E-state index contributed by atoms with van der Waals surface area (Å²) in [6.07, 6.45) is 0. The Morgan fingerprint density at radius 1 is 0.862 bits per heavy atom. The Kier molecular flexibility index (Phi) is 6.13. The highest BCUT2D eigenvalue weighted by Gasteiger charge is 2.14. The molecule has 0 aliphatic carbocycles. The molecule has 2 aromatic carbocycles. The summed E-state index contributed by atoms with van der Waals surface area (Å²) in [5, 5.41) is 5.97. The number of aromatic nitrogens is 2. The van der Waals surface area contributed by atoms with E-state index in [9.17, 15) is 4.79 Å². The van der Waals surface area contributed by atoms with Crippen LogP contribution in [0.15, 0.2) is 48.5 Å². The first-order valence-corrected chi connectivity index (χ1v) is 8.82. The minimum atomic E-state index is -0.378. The molecule has 0 aliphatic heterocycles. The van der Waals surface area contributed by atoms with Crippen molar-refractivity contribution in [1.29, 1.82) is 0 Å². The fourth-order valence-corrected chi connectivity index (χ4v) is 2.66. The monoisotopic (exact) mass is 394 g/mol. The number of carbonyl (C=O) groups is 1. The topological polar surface area (TPSA) is 94.6 Å². The first kappa shape index (κ1) is 19.9. The highest BCUT2D eigenvalue weighted by Crippen LogP contribution is 2.29. The summed E-state index contributed by atoms with van der Waals surface area (Å²) in [4.78, 5) is 21.3. The zero-order valence-corrected chi connectivity index (χ0v) is 16.6. The van der Waals surface area contributed by atoms with E-state index in [1.54, 1.807) is 45.4 Å². The maximum absolute atomic E-state index is 12.7. The van der Waals surface area contributed by atoms with Crippen molar-refractivity contribution in [2.45, 2.75) is 6.92 Å². The number of rotatable bonds is 7. The molecule has 8 nitrogen and oxygen atoms in total. The lowest BCUT2D eigenvalue weighted by Crippen LogP contribution is -2.16. The minimum Gasteiger partial charge on any atom is -0.497 e. The van der Waals surface area contributed by atoms with Crippen LogP contribution in [0.2, 0.25) is 0 Å². The average molecular weight is 394 g/mol. The van der Waals surface area contributed by atoms with Gasteiger partial charge in [0.1, 0.15) is 34.6 Å². The zero-order chi connectivity index (χ0) is 20.8. The Balaban J connectivity index is 1.80. The summed E-state index contributed by atoms with van der Waals surface area (Å²) in [5.74, 6) is 2.47. The van der Waals surface area contributed by atoms with Crippen LogP contribution in [0.3, 0.4) is 0 Å². The van der Waals surface area contributed by atoms with Gasteiger partial charge in [-0.3, -0.25) is 4.79 Å². The third-order valence-corrected chi connectivity index (χ3v) is 4.09. The average Bonchev–Trinajstić information content (AvgIpc) is 2.74. The van der Waals surface area contributed by atoms with Crippen LogP contribution in [0.4, 0.5) is 17.2 Å². The fourth-order valence-electron chi connectivity index (χ4n) is 2.66. The van der Waals surface area contributed by atoms with E-state index in [-0.39, 0.29) is 11.6 Å². The second-order valence-corrected chi connectivity index (χ2v) is 6.06. The predicted molar refractivity (Wildman–Crippen MR) is 111 cm³/mol. The molecule has 0 saturated heterocycles. The molecule has 0 saturated carbocycles. The van der Waals surface area contributed by atoms with Crippen LogP contribution < -0.4 is 24.8 Å². The molecule has 3 rings (SSSR count). The van der Waals surface area contributed by atoms with Crippen molar-refractivity contribution in [3.63, 3.8) is 0 Å². The Morgan fingerprint density at radius 3 is 2.21 bits per heavy atom. The summed E-state index contributed by atoms with van der Waals surface area (Å²) < 4.78 is 15.6. The smallest absolute Gasteiger partial charge is 0.274 e. The van der Waals surface area contributed by atoms with Gasteiger partial charge in [0, 0.05) is 17.8 Å². The maximum Gasteiger partial charge on any atom is 0.274 e. The standard InChI is InChI=1S/C21H22N4O4/c1-13-22-18(12-20(23-13)24-14-5-7-15(27-2)8-6-14)21(26)25-17-10-9-16(28-3)11-19(17)29-4/h5-12H,1-4H3,(H,25,26)(H,22,23,24). The summed E-state index contributed by atoms with van der Waals surface area (Å²) in [7, 11) is 4.70. The lowest BCUT2D eigenvalue weighted by atomic mass is 10.2. The molecule has 150 valence electrons. The Hall–Kier alpha value is -3.81. The normalized spacial score (nSPS) is 10.2. The van der Waals surface area contributed by atoms with Gasteiger partial charge >= 0.3 is 0 Å². The van der Waals surface area contributed by atoms with Crippen molar-refractivity contribution in [3.8, 4) is 17.2 Å². The van der Waals surface area contributed by atoms with Crippen molar-refractivity contribution in [1.82, 2.24) is 9.97 Å². The number of nitrogens with zero attached hydrogens (tertiary/aromatic N) is 2. The second-order valence-electron chi connectivity index (χ2n) is 6.06. The minimum absolute atomic E-state index is 0.228. The van der Waals surface area contributed by atoms with E-state index in [4.69, 9.17) is 14.2 Å². The number of nitrogens with one attached hydrogen (secondary N) is 2. The molecule has 0 spiro atoms. The van der Waals surface area contributed by atoms with E-state index in [1.807, 2.05) is 24.3 Å². The number of carbonyl (C=O) groups excluding carboxylic acids is 1. The van der Waals surface area contributed by atoms with Crippen molar-refractivity contribution >= 4 is 23.1 Å². The van der Waals surface area contributed by atoms with Crippen LogP contribution in [-0.2, 0) is 0 Å². The van der Waals surface area contributed by atoms with Gasteiger partial charge in [-0.15, -0.1) is 0 Å². The van der Waals surface area contributed by atoms with Gasteiger partial charge in [0.25, 0.3) is 5.91 Å². The Labute approximate surface area is 168 Å². The van der Waals surface area contributed by atoms with E-state index < -0.39 is 0 Å². The van der Waals surface area contributed by atoms with Crippen LogP contribution in [0.1, 0.15) is 16.3 Å². The summed E-state index contributed by atoms with van der Waals surface area (Å²) in [6, 6.07) is 14.1. The van der Waals surface area contributed by atoms with Crippen LogP contribution in [0.5, 0.6) is 17.2 Å². The van der Waals surface area contributed by atoms with E-state index in [0.717, 1.165) is 11.4 Å².